The van der Waals surface area contributed by atoms with Crippen molar-refractivity contribution in [1.82, 2.24) is 0 Å². The van der Waals surface area contributed by atoms with Gasteiger partial charge in [-0.25, -0.2) is 0 Å². The first-order chi connectivity index (χ1) is 16.8. The van der Waals surface area contributed by atoms with Crippen LogP contribution in [0.3, 0.4) is 0 Å². The molecule has 0 amide bonds. The zero-order valence-electron chi connectivity index (χ0n) is 23.7. The third-order valence-corrected chi connectivity index (χ3v) is 6.93. The van der Waals surface area contributed by atoms with Crippen LogP contribution in [0.2, 0.25) is 0 Å². The molecule has 0 spiro atoms. The van der Waals surface area contributed by atoms with E-state index in [0.717, 1.165) is 0 Å². The molecule has 2 atom stereocenters. The number of hydrogen-bond donors (Lipinski definition) is 2. The van der Waals surface area contributed by atoms with Crippen LogP contribution in [-0.2, 0) is 10.4 Å². The van der Waals surface area contributed by atoms with Crippen LogP contribution in [0.4, 0.5) is 0 Å². The molecule has 0 aromatic rings. The summed E-state index contributed by atoms with van der Waals surface area (Å²) in [5, 5.41) is 0. The van der Waals surface area contributed by atoms with Crippen molar-refractivity contribution in [1.29, 1.82) is 0 Å². The van der Waals surface area contributed by atoms with Gasteiger partial charge in [-0.2, -0.15) is 8.42 Å². The molecule has 0 rings (SSSR count). The maximum absolute atomic E-state index is 8.74. The lowest BCUT2D eigenvalue weighted by Crippen LogP contribution is -1.89. The summed E-state index contributed by atoms with van der Waals surface area (Å²) >= 11 is 0. The second-order valence-electron chi connectivity index (χ2n) is 9.80. The highest BCUT2D eigenvalue weighted by atomic mass is 32.3. The van der Waals surface area contributed by atoms with E-state index < -0.39 is 10.4 Å². The van der Waals surface area contributed by atoms with Gasteiger partial charge in [-0.05, 0) is 25.2 Å². The normalized spacial score (nSPS) is 10.9. The molecule has 0 aromatic heterocycles. The molecule has 2 unspecified atom stereocenters. The zero-order valence-corrected chi connectivity index (χ0v) is 26.8. The molecule has 0 fully saturated rings. The Labute approximate surface area is 226 Å². The molecule has 0 aromatic carbocycles. The van der Waals surface area contributed by atoms with Crippen LogP contribution < -0.4 is 0 Å². The topological polar surface area (TPSA) is 74.6 Å². The lowest BCUT2D eigenvalue weighted by Gasteiger charge is -2.01. The lowest BCUT2D eigenvalue weighted by molar-refractivity contribution is 0.381. The molecule has 35 heavy (non-hydrogen) atoms. The average molecular weight is 559 g/mol. The molecule has 0 aliphatic carbocycles. The van der Waals surface area contributed by atoms with Crippen LogP contribution in [0, 0.1) is 0 Å². The summed E-state index contributed by atoms with van der Waals surface area (Å²) in [5.41, 5.74) is 0. The van der Waals surface area contributed by atoms with Crippen LogP contribution in [0.1, 0.15) is 168 Å². The van der Waals surface area contributed by atoms with Gasteiger partial charge < -0.3 is 0 Å². The number of rotatable bonds is 24. The minimum atomic E-state index is -4.67. The fourth-order valence-corrected chi connectivity index (χ4v) is 4.55. The molecule has 0 aliphatic heterocycles. The van der Waals surface area contributed by atoms with Crippen molar-refractivity contribution in [3.63, 3.8) is 0 Å². The fourth-order valence-electron chi connectivity index (χ4n) is 3.97. The Kier molecular flexibility index (Phi) is 42.4. The predicted octanol–water partition coefficient (Wildman–Crippen LogP) is 10.5. The van der Waals surface area contributed by atoms with Gasteiger partial charge in [-0.15, -0.1) is 18.5 Å². The van der Waals surface area contributed by atoms with Gasteiger partial charge in [0.25, 0.3) is 0 Å². The highest BCUT2D eigenvalue weighted by Crippen LogP contribution is 2.13. The summed E-state index contributed by atoms with van der Waals surface area (Å²) in [7, 11) is 0.963. The van der Waals surface area contributed by atoms with Gasteiger partial charge in [0.2, 0.25) is 0 Å². The second-order valence-corrected chi connectivity index (χ2v) is 11.9. The van der Waals surface area contributed by atoms with Crippen molar-refractivity contribution in [2.45, 2.75) is 168 Å². The maximum Gasteiger partial charge on any atom is 0.394 e. The van der Waals surface area contributed by atoms with Gasteiger partial charge in [-0.1, -0.05) is 155 Å². The highest BCUT2D eigenvalue weighted by Gasteiger charge is 1.93. The van der Waals surface area contributed by atoms with Gasteiger partial charge in [0.15, 0.2) is 0 Å². The maximum atomic E-state index is 8.74. The van der Waals surface area contributed by atoms with Crippen molar-refractivity contribution in [2.75, 3.05) is 12.3 Å². The lowest BCUT2D eigenvalue weighted by atomic mass is 10.1. The minimum Gasteiger partial charge on any atom is -0.264 e. The summed E-state index contributed by atoms with van der Waals surface area (Å²) in [6.07, 6.45) is 37.5. The van der Waals surface area contributed by atoms with E-state index in [1.807, 2.05) is 0 Å². The predicted molar refractivity (Wildman–Crippen MR) is 165 cm³/mol. The van der Waals surface area contributed by atoms with E-state index in [1.54, 1.807) is 0 Å². The molecule has 0 saturated heterocycles. The van der Waals surface area contributed by atoms with Crippen molar-refractivity contribution in [3.05, 3.63) is 0 Å². The number of hydrogen-bond acceptors (Lipinski definition) is 2. The molecule has 0 bridgehead atoms. The first-order valence-corrected chi connectivity index (χ1v) is 18.0. The van der Waals surface area contributed by atoms with Crippen molar-refractivity contribution < 1.29 is 17.5 Å². The van der Waals surface area contributed by atoms with E-state index in [-0.39, 0.29) is 0 Å². The van der Waals surface area contributed by atoms with Crippen LogP contribution >= 0.6 is 18.5 Å². The summed E-state index contributed by atoms with van der Waals surface area (Å²) < 4.78 is 31.6. The largest absolute Gasteiger partial charge is 0.394 e. The Balaban J connectivity index is -0.000000491. The van der Waals surface area contributed by atoms with Crippen LogP contribution in [-0.4, -0.2) is 29.8 Å². The molecular weight excluding hydrogens is 494 g/mol. The van der Waals surface area contributed by atoms with E-state index >= 15 is 0 Å². The quantitative estimate of drug-likeness (QED) is 0.0702. The molecule has 0 aliphatic rings. The van der Waals surface area contributed by atoms with Crippen molar-refractivity contribution in [2.24, 2.45) is 0 Å². The molecular formula is C28H64O4P2S. The standard InChI is InChI=1S/2C14H31P.H2O4S/c2*1-2-3-4-5-6-7-8-9-10-11-12-13-14-15;1-5(2,3)4/h2*2-15H2,1H3;(H2,1,2,3,4). The molecule has 2 N–H and O–H groups in total. The van der Waals surface area contributed by atoms with Gasteiger partial charge in [0.1, 0.15) is 0 Å². The van der Waals surface area contributed by atoms with Gasteiger partial charge in [-0.3, -0.25) is 9.11 Å². The smallest absolute Gasteiger partial charge is 0.264 e. The summed E-state index contributed by atoms with van der Waals surface area (Å²) in [6.45, 7) is 4.57. The first kappa shape index (κ1) is 40.2. The average Bonchev–Trinajstić information content (AvgIpc) is 2.80. The molecule has 0 saturated carbocycles. The van der Waals surface area contributed by atoms with Crippen LogP contribution in [0.5, 0.6) is 0 Å². The van der Waals surface area contributed by atoms with E-state index in [1.165, 1.54) is 166 Å². The third kappa shape index (κ3) is 60.8. The van der Waals surface area contributed by atoms with Crippen molar-refractivity contribution >= 4 is 28.9 Å². The molecule has 0 heterocycles. The Morgan fingerprint density at radius 2 is 0.543 bits per heavy atom. The van der Waals surface area contributed by atoms with Crippen molar-refractivity contribution in [3.8, 4) is 0 Å². The van der Waals surface area contributed by atoms with Gasteiger partial charge in [0.05, 0.1) is 0 Å². The zero-order chi connectivity index (χ0) is 26.9. The Morgan fingerprint density at radius 3 is 0.686 bits per heavy atom. The molecule has 0 radical (unpaired) electrons. The second kappa shape index (κ2) is 36.9. The van der Waals surface area contributed by atoms with Gasteiger partial charge in [0, 0.05) is 0 Å². The summed E-state index contributed by atoms with van der Waals surface area (Å²) in [5.74, 6) is 0. The number of unbranched alkanes of at least 4 members (excludes halogenated alkanes) is 22. The van der Waals surface area contributed by atoms with Crippen LogP contribution in [0.15, 0.2) is 0 Å². The Hall–Kier alpha value is 0.730. The van der Waals surface area contributed by atoms with E-state index in [9.17, 15) is 0 Å². The van der Waals surface area contributed by atoms with E-state index in [4.69, 9.17) is 17.5 Å². The highest BCUT2D eigenvalue weighted by molar-refractivity contribution is 7.79. The van der Waals surface area contributed by atoms with E-state index in [0.29, 0.717) is 0 Å². The molecule has 216 valence electrons. The molecule has 7 heteroatoms. The van der Waals surface area contributed by atoms with E-state index in [2.05, 4.69) is 32.3 Å². The SMILES string of the molecule is CCCCCCCCCCCCCCP.CCCCCCCCCCCCCCP.O=S(=O)(O)O. The monoisotopic (exact) mass is 558 g/mol. The summed E-state index contributed by atoms with van der Waals surface area (Å²) in [4.78, 5) is 0. The van der Waals surface area contributed by atoms with Crippen LogP contribution in [0.25, 0.3) is 0 Å². The third-order valence-electron chi connectivity index (χ3n) is 6.12. The summed E-state index contributed by atoms with van der Waals surface area (Å²) in [6, 6.07) is 0. The fraction of sp³-hybridized carbons (Fsp3) is 1.00. The Morgan fingerprint density at radius 1 is 0.400 bits per heavy atom. The Bertz CT molecular complexity index is 390. The van der Waals surface area contributed by atoms with Gasteiger partial charge >= 0.3 is 10.4 Å². The first-order valence-electron chi connectivity index (χ1n) is 14.9. The molecule has 4 nitrogen and oxygen atoms in total. The minimum absolute atomic E-state index is 1.29.